The average molecular weight is 431 g/mol. The Morgan fingerprint density at radius 1 is 1.00 bits per heavy atom. The molecule has 0 unspecified atom stereocenters. The molecular formula is C25H26N4OS. The molecule has 0 fully saturated rings. The third-order valence-electron chi connectivity index (χ3n) is 5.53. The molecule has 0 spiro atoms. The second kappa shape index (κ2) is 9.35. The highest BCUT2D eigenvalue weighted by atomic mass is 32.2. The van der Waals surface area contributed by atoms with Crippen molar-refractivity contribution in [3.63, 3.8) is 0 Å². The molecule has 0 atom stereocenters. The number of thioether (sulfide) groups is 1. The van der Waals surface area contributed by atoms with E-state index in [-0.39, 0.29) is 11.8 Å². The summed E-state index contributed by atoms with van der Waals surface area (Å²) in [7, 11) is 0. The summed E-state index contributed by atoms with van der Waals surface area (Å²) in [5.41, 5.74) is 5.21. The number of carbonyl (C=O) groups excluding carboxylic acids is 1. The van der Waals surface area contributed by atoms with Gasteiger partial charge in [-0.15, -0.1) is 10.2 Å². The maximum atomic E-state index is 13.1. The van der Waals surface area contributed by atoms with Crippen LogP contribution in [0.4, 0.5) is 0 Å². The van der Waals surface area contributed by atoms with Crippen LogP contribution >= 0.6 is 11.8 Å². The molecule has 2 heterocycles. The highest BCUT2D eigenvalue weighted by Crippen LogP contribution is 2.32. The van der Waals surface area contributed by atoms with E-state index in [0.717, 1.165) is 28.7 Å². The fourth-order valence-corrected chi connectivity index (χ4v) is 4.86. The summed E-state index contributed by atoms with van der Waals surface area (Å²) in [5.74, 6) is 0.444. The third-order valence-corrected chi connectivity index (χ3v) is 6.51. The van der Waals surface area contributed by atoms with Crippen molar-refractivity contribution in [3.05, 3.63) is 101 Å². The van der Waals surface area contributed by atoms with Crippen molar-refractivity contribution in [3.8, 4) is 0 Å². The number of Topliss-reactive ketones (excluding diaryl/α,β-unsaturated/α-hetero) is 1. The van der Waals surface area contributed by atoms with Crippen LogP contribution in [0.5, 0.6) is 0 Å². The van der Waals surface area contributed by atoms with E-state index in [1.54, 1.807) is 6.33 Å². The van der Waals surface area contributed by atoms with Crippen molar-refractivity contribution in [2.24, 2.45) is 0 Å². The first-order valence-electron chi connectivity index (χ1n) is 10.4. The van der Waals surface area contributed by atoms with E-state index in [2.05, 4.69) is 70.2 Å². The van der Waals surface area contributed by atoms with E-state index in [1.807, 2.05) is 36.6 Å². The van der Waals surface area contributed by atoms with Crippen LogP contribution in [0.1, 0.15) is 45.8 Å². The Hall–Kier alpha value is -3.12. The number of benzene rings is 2. The molecule has 0 saturated carbocycles. The van der Waals surface area contributed by atoms with Gasteiger partial charge in [0.15, 0.2) is 10.9 Å². The lowest BCUT2D eigenvalue weighted by molar-refractivity contribution is 0.102. The second-order valence-corrected chi connectivity index (χ2v) is 8.43. The minimum absolute atomic E-state index is 0.0137. The van der Waals surface area contributed by atoms with Crippen molar-refractivity contribution < 1.29 is 4.79 Å². The van der Waals surface area contributed by atoms with Gasteiger partial charge in [-0.1, -0.05) is 72.4 Å². The smallest absolute Gasteiger partial charge is 0.191 e. The number of nitrogens with zero attached hydrogens (tertiary/aromatic N) is 4. The molecular weight excluding hydrogens is 404 g/mol. The Bertz CT molecular complexity index is 1130. The van der Waals surface area contributed by atoms with E-state index in [1.165, 1.54) is 22.9 Å². The normalized spacial score (nSPS) is 11.2. The Labute approximate surface area is 187 Å². The zero-order valence-corrected chi connectivity index (χ0v) is 18.8. The zero-order chi connectivity index (χ0) is 21.8. The van der Waals surface area contributed by atoms with Gasteiger partial charge < -0.3 is 9.13 Å². The van der Waals surface area contributed by atoms with E-state index >= 15 is 0 Å². The number of rotatable bonds is 8. The van der Waals surface area contributed by atoms with Crippen molar-refractivity contribution in [2.75, 3.05) is 5.75 Å². The monoisotopic (exact) mass is 430 g/mol. The molecule has 0 aliphatic rings. The second-order valence-electron chi connectivity index (χ2n) is 7.49. The third kappa shape index (κ3) is 4.35. The molecule has 2 aromatic heterocycles. The van der Waals surface area contributed by atoms with Crippen LogP contribution in [0.3, 0.4) is 0 Å². The van der Waals surface area contributed by atoms with Gasteiger partial charge >= 0.3 is 0 Å². The van der Waals surface area contributed by atoms with Crippen molar-refractivity contribution in [1.29, 1.82) is 0 Å². The number of aromatic nitrogens is 4. The highest BCUT2D eigenvalue weighted by Gasteiger charge is 2.24. The first-order chi connectivity index (χ1) is 15.1. The minimum Gasteiger partial charge on any atom is -0.337 e. The summed E-state index contributed by atoms with van der Waals surface area (Å²) in [6, 6.07) is 22.9. The van der Waals surface area contributed by atoms with Crippen LogP contribution in [0.2, 0.25) is 0 Å². The van der Waals surface area contributed by atoms with Gasteiger partial charge in [-0.25, -0.2) is 0 Å². The predicted octanol–water partition coefficient (Wildman–Crippen LogP) is 5.33. The maximum Gasteiger partial charge on any atom is 0.191 e. The molecule has 0 radical (unpaired) electrons. The molecule has 0 bridgehead atoms. The minimum atomic E-state index is 0.0137. The highest BCUT2D eigenvalue weighted by molar-refractivity contribution is 7.99. The molecule has 4 rings (SSSR count). The predicted molar refractivity (Wildman–Crippen MR) is 125 cm³/mol. The first-order valence-corrected chi connectivity index (χ1v) is 11.4. The molecule has 158 valence electrons. The molecule has 0 saturated heterocycles. The Morgan fingerprint density at radius 3 is 2.19 bits per heavy atom. The molecule has 0 aliphatic carbocycles. The number of hydrogen-bond donors (Lipinski definition) is 0. The summed E-state index contributed by atoms with van der Waals surface area (Å²) in [6.45, 7) is 6.94. The van der Waals surface area contributed by atoms with E-state index in [0.29, 0.717) is 5.75 Å². The summed E-state index contributed by atoms with van der Waals surface area (Å²) >= 11 is 1.44. The number of aryl methyl sites for hydroxylation is 2. The molecule has 5 nitrogen and oxygen atoms in total. The number of ketones is 1. The lowest BCUT2D eigenvalue weighted by atomic mass is 9.98. The fraction of sp³-hybridized carbons (Fsp3) is 0.240. The Morgan fingerprint density at radius 2 is 1.61 bits per heavy atom. The molecule has 31 heavy (non-hydrogen) atoms. The van der Waals surface area contributed by atoms with Crippen molar-refractivity contribution >= 4 is 17.5 Å². The quantitative estimate of drug-likeness (QED) is 0.280. The maximum absolute atomic E-state index is 13.1. The number of hydrogen-bond acceptors (Lipinski definition) is 4. The molecule has 0 aliphatic heterocycles. The Balaban J connectivity index is 1.68. The standard InChI is InChI=1S/C25H26N4OS/c1-4-28-17-26-27-25(28)31-16-23(30)22-15-18(2)29(19(22)3)24(20-11-7-5-8-12-20)21-13-9-6-10-14-21/h5-15,17,24H,4,16H2,1-3H3. The van der Waals surface area contributed by atoms with Crippen molar-refractivity contribution in [1.82, 2.24) is 19.3 Å². The topological polar surface area (TPSA) is 52.7 Å². The van der Waals surface area contributed by atoms with Crippen LogP contribution < -0.4 is 0 Å². The molecule has 0 amide bonds. The van der Waals surface area contributed by atoms with Gasteiger partial charge in [0, 0.05) is 23.5 Å². The SMILES string of the molecule is CCn1cnnc1SCC(=O)c1cc(C)n(C(c2ccccc2)c2ccccc2)c1C. The van der Waals surface area contributed by atoms with Gasteiger partial charge in [-0.3, -0.25) is 4.79 Å². The van der Waals surface area contributed by atoms with Crippen LogP contribution in [-0.2, 0) is 6.54 Å². The van der Waals surface area contributed by atoms with Gasteiger partial charge in [0.1, 0.15) is 6.33 Å². The van der Waals surface area contributed by atoms with E-state index in [9.17, 15) is 4.79 Å². The largest absolute Gasteiger partial charge is 0.337 e. The summed E-state index contributed by atoms with van der Waals surface area (Å²) in [5, 5.41) is 8.84. The van der Waals surface area contributed by atoms with E-state index in [4.69, 9.17) is 0 Å². The lowest BCUT2D eigenvalue weighted by Crippen LogP contribution is -2.16. The fourth-order valence-electron chi connectivity index (χ4n) is 4.00. The first kappa shape index (κ1) is 21.1. The van der Waals surface area contributed by atoms with Crippen molar-refractivity contribution in [2.45, 2.75) is 38.5 Å². The van der Waals surface area contributed by atoms with Crippen LogP contribution in [0.15, 0.2) is 78.2 Å². The Kier molecular flexibility index (Phi) is 6.37. The van der Waals surface area contributed by atoms with Gasteiger partial charge in [-0.2, -0.15) is 0 Å². The molecule has 4 aromatic rings. The summed E-state index contributed by atoms with van der Waals surface area (Å²) in [6.07, 6.45) is 1.70. The average Bonchev–Trinajstić information content (AvgIpc) is 3.38. The van der Waals surface area contributed by atoms with Crippen LogP contribution in [0.25, 0.3) is 0 Å². The lowest BCUT2D eigenvalue weighted by Gasteiger charge is -2.24. The molecule has 2 aromatic carbocycles. The number of carbonyl (C=O) groups is 1. The zero-order valence-electron chi connectivity index (χ0n) is 18.0. The molecule has 0 N–H and O–H groups in total. The summed E-state index contributed by atoms with van der Waals surface area (Å²) < 4.78 is 4.22. The van der Waals surface area contributed by atoms with Gasteiger partial charge in [0.2, 0.25) is 0 Å². The summed E-state index contributed by atoms with van der Waals surface area (Å²) in [4.78, 5) is 13.1. The van der Waals surface area contributed by atoms with Crippen LogP contribution in [0, 0.1) is 13.8 Å². The van der Waals surface area contributed by atoms with Crippen LogP contribution in [-0.4, -0.2) is 30.9 Å². The van der Waals surface area contributed by atoms with E-state index < -0.39 is 0 Å². The molecule has 6 heteroatoms. The van der Waals surface area contributed by atoms with Gasteiger partial charge in [-0.05, 0) is 38.0 Å². The van der Waals surface area contributed by atoms with Gasteiger partial charge in [0.05, 0.1) is 11.8 Å². The van der Waals surface area contributed by atoms with Gasteiger partial charge in [0.25, 0.3) is 0 Å².